The summed E-state index contributed by atoms with van der Waals surface area (Å²) in [4.78, 5) is 0. The second-order valence-electron chi connectivity index (χ2n) is 3.26. The number of alkyl halides is 6. The molecule has 0 bridgehead atoms. The Hall–Kier alpha value is -0.870. The van der Waals surface area contributed by atoms with Gasteiger partial charge in [-0.1, -0.05) is 0 Å². The van der Waals surface area contributed by atoms with Gasteiger partial charge in [0, 0.05) is 6.07 Å². The van der Waals surface area contributed by atoms with Crippen LogP contribution in [0.15, 0.2) is 12.1 Å². The van der Waals surface area contributed by atoms with Gasteiger partial charge in [0.25, 0.3) is 0 Å². The van der Waals surface area contributed by atoms with Crippen molar-refractivity contribution in [3.05, 3.63) is 21.3 Å². The fraction of sp³-hybridized carbons (Fsp3) is 0.400. The molecule has 0 N–H and O–H groups in total. The van der Waals surface area contributed by atoms with Crippen LogP contribution in [0.1, 0.15) is 12.5 Å². The second-order valence-corrected chi connectivity index (χ2v) is 4.34. The number of hydrogen-bond donors (Lipinski definition) is 0. The van der Waals surface area contributed by atoms with Gasteiger partial charge in [-0.15, -0.1) is 13.2 Å². The molecule has 9 heteroatoms. The summed E-state index contributed by atoms with van der Waals surface area (Å²) >= 11 is 1.36. The van der Waals surface area contributed by atoms with E-state index < -0.39 is 23.9 Å². The summed E-state index contributed by atoms with van der Waals surface area (Å²) in [7, 11) is 0. The number of ether oxygens (including phenoxy) is 2. The lowest BCUT2D eigenvalue weighted by Gasteiger charge is -2.16. The molecule has 0 radical (unpaired) electrons. The number of halogens is 7. The molecule has 0 atom stereocenters. The van der Waals surface area contributed by atoms with E-state index in [9.17, 15) is 26.3 Å². The van der Waals surface area contributed by atoms with Crippen LogP contribution in [0.25, 0.3) is 0 Å². The smallest absolute Gasteiger partial charge is 0.493 e. The van der Waals surface area contributed by atoms with Crippen LogP contribution >= 0.6 is 22.6 Å². The lowest BCUT2D eigenvalue weighted by Crippen LogP contribution is -2.18. The minimum absolute atomic E-state index is 0.0166. The molecule has 108 valence electrons. The first kappa shape index (κ1) is 16.2. The van der Waals surface area contributed by atoms with Crippen molar-refractivity contribution in [2.75, 3.05) is 6.61 Å². The summed E-state index contributed by atoms with van der Waals surface area (Å²) in [5.74, 6) is -1.28. The van der Waals surface area contributed by atoms with E-state index in [0.717, 1.165) is 6.07 Å². The van der Waals surface area contributed by atoms with Gasteiger partial charge in [-0.2, -0.15) is 13.2 Å². The zero-order valence-corrected chi connectivity index (χ0v) is 11.5. The predicted molar refractivity (Wildman–Crippen MR) is 62.0 cm³/mol. The molecule has 2 nitrogen and oxygen atoms in total. The molecule has 0 spiro atoms. The summed E-state index contributed by atoms with van der Waals surface area (Å²) in [6.45, 7) is 1.52. The Labute approximate surface area is 117 Å². The van der Waals surface area contributed by atoms with Gasteiger partial charge in [-0.25, -0.2) is 0 Å². The zero-order chi connectivity index (χ0) is 14.8. The number of benzene rings is 1. The SMILES string of the molecule is CCOc1cc(OC(F)(F)F)cc(C(F)(F)F)c1I. The predicted octanol–water partition coefficient (Wildman–Crippen LogP) is 4.61. The first-order valence-corrected chi connectivity index (χ1v) is 5.91. The lowest BCUT2D eigenvalue weighted by molar-refractivity contribution is -0.274. The molecule has 0 unspecified atom stereocenters. The standard InChI is InChI=1S/C10H7F6IO2/c1-2-18-7-4-5(19-10(14,15)16)3-6(8(7)17)9(11,12)13/h3-4H,2H2,1H3. The quantitative estimate of drug-likeness (QED) is 0.545. The van der Waals surface area contributed by atoms with Crippen LogP contribution in [-0.2, 0) is 6.18 Å². The van der Waals surface area contributed by atoms with Crippen molar-refractivity contribution in [1.82, 2.24) is 0 Å². The average molecular weight is 400 g/mol. The van der Waals surface area contributed by atoms with Crippen LogP contribution in [0, 0.1) is 3.57 Å². The van der Waals surface area contributed by atoms with Crippen LogP contribution in [0.4, 0.5) is 26.3 Å². The Morgan fingerprint density at radius 1 is 1.11 bits per heavy atom. The van der Waals surface area contributed by atoms with E-state index in [2.05, 4.69) is 4.74 Å². The van der Waals surface area contributed by atoms with Gasteiger partial charge >= 0.3 is 12.5 Å². The monoisotopic (exact) mass is 400 g/mol. The van der Waals surface area contributed by atoms with Crippen molar-refractivity contribution in [3.63, 3.8) is 0 Å². The molecule has 0 heterocycles. The molecule has 0 saturated heterocycles. The van der Waals surface area contributed by atoms with Crippen molar-refractivity contribution in [2.45, 2.75) is 19.5 Å². The third kappa shape index (κ3) is 4.62. The van der Waals surface area contributed by atoms with Crippen LogP contribution in [0.3, 0.4) is 0 Å². The number of rotatable bonds is 3. The van der Waals surface area contributed by atoms with E-state index in [0.29, 0.717) is 0 Å². The molecule has 19 heavy (non-hydrogen) atoms. The van der Waals surface area contributed by atoms with Crippen molar-refractivity contribution in [1.29, 1.82) is 0 Å². The summed E-state index contributed by atoms with van der Waals surface area (Å²) in [5.41, 5.74) is -1.24. The molecule has 0 fully saturated rings. The van der Waals surface area contributed by atoms with Gasteiger partial charge in [-0.3, -0.25) is 0 Å². The van der Waals surface area contributed by atoms with Crippen molar-refractivity contribution in [2.24, 2.45) is 0 Å². The second kappa shape index (κ2) is 5.63. The average Bonchev–Trinajstić information content (AvgIpc) is 2.19. The molecule has 0 aromatic heterocycles. The van der Waals surface area contributed by atoms with Crippen LogP contribution in [0.2, 0.25) is 0 Å². The first-order chi connectivity index (χ1) is 8.54. The molecule has 0 aliphatic heterocycles. The van der Waals surface area contributed by atoms with E-state index in [1.807, 2.05) is 0 Å². The Kier molecular flexibility index (Phi) is 4.80. The van der Waals surface area contributed by atoms with Crippen molar-refractivity contribution < 1.29 is 35.8 Å². The largest absolute Gasteiger partial charge is 0.573 e. The molecule has 1 aromatic rings. The maximum Gasteiger partial charge on any atom is 0.573 e. The van der Waals surface area contributed by atoms with E-state index >= 15 is 0 Å². The minimum Gasteiger partial charge on any atom is -0.493 e. The lowest BCUT2D eigenvalue weighted by atomic mass is 10.2. The Morgan fingerprint density at radius 3 is 2.11 bits per heavy atom. The highest BCUT2D eigenvalue weighted by Gasteiger charge is 2.37. The van der Waals surface area contributed by atoms with Crippen LogP contribution in [0.5, 0.6) is 11.5 Å². The maximum absolute atomic E-state index is 12.7. The van der Waals surface area contributed by atoms with Gasteiger partial charge < -0.3 is 9.47 Å². The highest BCUT2D eigenvalue weighted by Crippen LogP contribution is 2.40. The molecule has 1 aromatic carbocycles. The molecular formula is C10H7F6IO2. The normalized spacial score (nSPS) is 12.4. The van der Waals surface area contributed by atoms with Gasteiger partial charge in [0.15, 0.2) is 0 Å². The minimum atomic E-state index is -5.07. The highest BCUT2D eigenvalue weighted by molar-refractivity contribution is 14.1. The van der Waals surface area contributed by atoms with E-state index in [1.54, 1.807) is 0 Å². The van der Waals surface area contributed by atoms with Crippen LogP contribution in [-0.4, -0.2) is 13.0 Å². The summed E-state index contributed by atoms with van der Waals surface area (Å²) < 4.78 is 82.2. The van der Waals surface area contributed by atoms with E-state index in [4.69, 9.17) is 4.74 Å². The molecular weight excluding hydrogens is 393 g/mol. The van der Waals surface area contributed by atoms with Crippen LogP contribution < -0.4 is 9.47 Å². The Balaban J connectivity index is 3.31. The topological polar surface area (TPSA) is 18.5 Å². The fourth-order valence-corrected chi connectivity index (χ4v) is 2.00. The molecule has 1 rings (SSSR count). The molecule has 0 saturated carbocycles. The fourth-order valence-electron chi connectivity index (χ4n) is 1.23. The molecule has 0 amide bonds. The summed E-state index contributed by atoms with van der Waals surface area (Å²) in [6.07, 6.45) is -9.87. The summed E-state index contributed by atoms with van der Waals surface area (Å²) in [6, 6.07) is 1.06. The van der Waals surface area contributed by atoms with Gasteiger partial charge in [0.2, 0.25) is 0 Å². The Morgan fingerprint density at radius 2 is 1.68 bits per heavy atom. The molecule has 0 aliphatic carbocycles. The highest BCUT2D eigenvalue weighted by atomic mass is 127. The van der Waals surface area contributed by atoms with Gasteiger partial charge in [0.05, 0.1) is 15.7 Å². The van der Waals surface area contributed by atoms with Crippen molar-refractivity contribution in [3.8, 4) is 11.5 Å². The van der Waals surface area contributed by atoms with Crippen molar-refractivity contribution >= 4 is 22.6 Å². The third-order valence-electron chi connectivity index (χ3n) is 1.85. The van der Waals surface area contributed by atoms with Gasteiger partial charge in [-0.05, 0) is 35.6 Å². The summed E-state index contributed by atoms with van der Waals surface area (Å²) in [5, 5.41) is 0. The maximum atomic E-state index is 12.7. The first-order valence-electron chi connectivity index (χ1n) is 4.84. The third-order valence-corrected chi connectivity index (χ3v) is 2.96. The number of hydrogen-bond acceptors (Lipinski definition) is 2. The van der Waals surface area contributed by atoms with E-state index in [1.165, 1.54) is 29.5 Å². The Bertz CT molecular complexity index is 455. The van der Waals surface area contributed by atoms with Gasteiger partial charge in [0.1, 0.15) is 11.5 Å². The molecule has 0 aliphatic rings. The zero-order valence-electron chi connectivity index (χ0n) is 9.32. The van der Waals surface area contributed by atoms with E-state index in [-0.39, 0.29) is 22.0 Å².